The number of aromatic nitrogens is 1. The maximum absolute atomic E-state index is 12.7. The van der Waals surface area contributed by atoms with Crippen LogP contribution in [0.2, 0.25) is 0 Å². The molecule has 0 unspecified atom stereocenters. The Hall–Kier alpha value is -3.39. The van der Waals surface area contributed by atoms with E-state index in [-0.39, 0.29) is 18.4 Å². The van der Waals surface area contributed by atoms with E-state index < -0.39 is 0 Å². The summed E-state index contributed by atoms with van der Waals surface area (Å²) in [5.74, 6) is -0.0791. The largest absolute Gasteiger partial charge is 0.387 e. The zero-order valence-corrected chi connectivity index (χ0v) is 19.7. The molecule has 1 fully saturated rings. The van der Waals surface area contributed by atoms with Gasteiger partial charge in [-0.2, -0.15) is 0 Å². The number of rotatable bonds is 7. The van der Waals surface area contributed by atoms with E-state index in [1.165, 1.54) is 4.88 Å². The number of nitrogens with one attached hydrogen (secondary N) is 1. The van der Waals surface area contributed by atoms with Gasteiger partial charge >= 0.3 is 6.03 Å². The molecule has 0 radical (unpaired) electrons. The Morgan fingerprint density at radius 1 is 1.09 bits per heavy atom. The summed E-state index contributed by atoms with van der Waals surface area (Å²) in [5, 5.41) is 9.13. The SMILES string of the molecule is Cc1cc(C(=O)CON=C2CCN(C(=O)Nc3ccccc3)CC2)c(C)n1Cc1cccs1. The van der Waals surface area contributed by atoms with Crippen molar-refractivity contribution in [3.63, 3.8) is 0 Å². The van der Waals surface area contributed by atoms with Gasteiger partial charge in [-0.05, 0) is 43.5 Å². The summed E-state index contributed by atoms with van der Waals surface area (Å²) in [6.07, 6.45) is 1.26. The van der Waals surface area contributed by atoms with E-state index in [0.717, 1.165) is 29.3 Å². The second-order valence-corrected chi connectivity index (χ2v) is 9.12. The quantitative estimate of drug-likeness (QED) is 0.391. The Morgan fingerprint density at radius 2 is 1.85 bits per heavy atom. The lowest BCUT2D eigenvalue weighted by Crippen LogP contribution is -2.41. The number of oxime groups is 1. The Labute approximate surface area is 197 Å². The molecule has 1 N–H and O–H groups in total. The second-order valence-electron chi connectivity index (χ2n) is 8.09. The summed E-state index contributed by atoms with van der Waals surface area (Å²) < 4.78 is 2.15. The lowest BCUT2D eigenvalue weighted by Gasteiger charge is -2.27. The molecule has 0 spiro atoms. The van der Waals surface area contributed by atoms with Crippen molar-refractivity contribution in [1.29, 1.82) is 0 Å². The van der Waals surface area contributed by atoms with Crippen LogP contribution in [0.4, 0.5) is 10.5 Å². The number of likely N-dealkylation sites (tertiary alicyclic amines) is 1. The maximum atomic E-state index is 12.7. The molecule has 2 aromatic heterocycles. The number of anilines is 1. The third-order valence-electron chi connectivity index (χ3n) is 5.81. The van der Waals surface area contributed by atoms with Crippen LogP contribution in [-0.4, -0.2) is 46.7 Å². The van der Waals surface area contributed by atoms with E-state index >= 15 is 0 Å². The highest BCUT2D eigenvalue weighted by Crippen LogP contribution is 2.20. The minimum Gasteiger partial charge on any atom is -0.387 e. The molecule has 33 heavy (non-hydrogen) atoms. The fourth-order valence-electron chi connectivity index (χ4n) is 3.93. The van der Waals surface area contributed by atoms with Crippen LogP contribution in [0, 0.1) is 13.8 Å². The molecule has 8 heteroatoms. The molecular weight excluding hydrogens is 436 g/mol. The van der Waals surface area contributed by atoms with Gasteiger partial charge in [-0.25, -0.2) is 4.79 Å². The predicted molar refractivity (Wildman–Crippen MR) is 131 cm³/mol. The van der Waals surface area contributed by atoms with Gasteiger partial charge in [0.15, 0.2) is 6.61 Å². The molecule has 7 nitrogen and oxygen atoms in total. The monoisotopic (exact) mass is 464 g/mol. The molecule has 3 heterocycles. The van der Waals surface area contributed by atoms with Crippen molar-refractivity contribution in [2.24, 2.45) is 5.16 Å². The Kier molecular flexibility index (Phi) is 7.24. The van der Waals surface area contributed by atoms with Gasteiger partial charge in [0.25, 0.3) is 0 Å². The van der Waals surface area contributed by atoms with Crippen molar-refractivity contribution in [3.05, 3.63) is 75.7 Å². The first kappa shape index (κ1) is 22.8. The first-order chi connectivity index (χ1) is 16.0. The molecule has 0 aliphatic carbocycles. The van der Waals surface area contributed by atoms with Crippen molar-refractivity contribution in [1.82, 2.24) is 9.47 Å². The van der Waals surface area contributed by atoms with E-state index in [2.05, 4.69) is 26.5 Å². The Balaban J connectivity index is 1.26. The highest BCUT2D eigenvalue weighted by atomic mass is 32.1. The average Bonchev–Trinajstić information content (AvgIpc) is 3.44. The summed E-state index contributed by atoms with van der Waals surface area (Å²) in [4.78, 5) is 33.5. The number of thiophene rings is 1. The number of ketones is 1. The van der Waals surface area contributed by atoms with Crippen molar-refractivity contribution in [3.8, 4) is 0 Å². The summed E-state index contributed by atoms with van der Waals surface area (Å²) in [5.41, 5.74) is 4.32. The van der Waals surface area contributed by atoms with Gasteiger partial charge in [0.2, 0.25) is 5.78 Å². The lowest BCUT2D eigenvalue weighted by molar-refractivity contribution is 0.0771. The van der Waals surface area contributed by atoms with E-state index in [1.807, 2.05) is 56.3 Å². The van der Waals surface area contributed by atoms with E-state index in [1.54, 1.807) is 16.2 Å². The molecule has 3 aromatic rings. The molecule has 4 rings (SSSR count). The van der Waals surface area contributed by atoms with Gasteiger partial charge < -0.3 is 19.6 Å². The maximum Gasteiger partial charge on any atom is 0.321 e. The molecule has 0 saturated carbocycles. The third-order valence-corrected chi connectivity index (χ3v) is 6.67. The normalized spacial score (nSPS) is 13.6. The van der Waals surface area contributed by atoms with Crippen molar-refractivity contribution >= 4 is 34.6 Å². The zero-order chi connectivity index (χ0) is 23.2. The summed E-state index contributed by atoms with van der Waals surface area (Å²) in [7, 11) is 0. The molecule has 1 aromatic carbocycles. The minimum atomic E-state index is -0.116. The number of piperidine rings is 1. The number of para-hydroxylation sites is 1. The first-order valence-corrected chi connectivity index (χ1v) is 11.9. The standard InChI is InChI=1S/C25H28N4O3S/c1-18-15-23(19(2)29(18)16-22-9-6-14-33-22)24(30)17-32-27-21-10-12-28(13-11-21)25(31)26-20-7-4-3-5-8-20/h3-9,14-15H,10-13,16-17H2,1-2H3,(H,26,31). The summed E-state index contributed by atoms with van der Waals surface area (Å²) >= 11 is 1.71. The van der Waals surface area contributed by atoms with Crippen LogP contribution >= 0.6 is 11.3 Å². The van der Waals surface area contributed by atoms with Crippen LogP contribution in [0.5, 0.6) is 0 Å². The number of amides is 2. The van der Waals surface area contributed by atoms with Crippen LogP contribution in [0.3, 0.4) is 0 Å². The van der Waals surface area contributed by atoms with Gasteiger partial charge in [-0.1, -0.05) is 29.4 Å². The number of nitrogens with zero attached hydrogens (tertiary/aromatic N) is 3. The highest BCUT2D eigenvalue weighted by Gasteiger charge is 2.21. The fourth-order valence-corrected chi connectivity index (χ4v) is 4.62. The molecule has 172 valence electrons. The number of hydrogen-bond donors (Lipinski definition) is 1. The smallest absolute Gasteiger partial charge is 0.321 e. The number of carbonyl (C=O) groups is 2. The van der Waals surface area contributed by atoms with Gasteiger partial charge in [-0.3, -0.25) is 4.79 Å². The minimum absolute atomic E-state index is 0.0791. The Bertz CT molecular complexity index is 1130. The van der Waals surface area contributed by atoms with Gasteiger partial charge in [0, 0.05) is 53.4 Å². The van der Waals surface area contributed by atoms with Crippen molar-refractivity contribution < 1.29 is 14.4 Å². The van der Waals surface area contributed by atoms with E-state index in [4.69, 9.17) is 4.84 Å². The van der Waals surface area contributed by atoms with Crippen LogP contribution in [0.15, 0.2) is 59.1 Å². The number of hydrogen-bond acceptors (Lipinski definition) is 5. The van der Waals surface area contributed by atoms with E-state index in [9.17, 15) is 9.59 Å². The topological polar surface area (TPSA) is 75.9 Å². The van der Waals surface area contributed by atoms with Crippen molar-refractivity contribution in [2.75, 3.05) is 25.0 Å². The first-order valence-electron chi connectivity index (χ1n) is 11.0. The third kappa shape index (κ3) is 5.70. The lowest BCUT2D eigenvalue weighted by atomic mass is 10.1. The van der Waals surface area contributed by atoms with Crippen LogP contribution < -0.4 is 5.32 Å². The number of carbonyl (C=O) groups excluding carboxylic acids is 2. The van der Waals surface area contributed by atoms with E-state index in [0.29, 0.717) is 31.5 Å². The van der Waals surface area contributed by atoms with Crippen LogP contribution in [0.25, 0.3) is 0 Å². The van der Waals surface area contributed by atoms with Gasteiger partial charge in [0.1, 0.15) is 0 Å². The Morgan fingerprint density at radius 3 is 2.55 bits per heavy atom. The molecular formula is C25H28N4O3S. The molecule has 1 aliphatic rings. The predicted octanol–water partition coefficient (Wildman–Crippen LogP) is 5.10. The van der Waals surface area contributed by atoms with Gasteiger partial charge in [-0.15, -0.1) is 11.3 Å². The van der Waals surface area contributed by atoms with Crippen LogP contribution in [0.1, 0.15) is 39.5 Å². The fraction of sp³-hybridized carbons (Fsp3) is 0.320. The van der Waals surface area contributed by atoms with Gasteiger partial charge in [0.05, 0.1) is 12.3 Å². The number of urea groups is 1. The number of aryl methyl sites for hydroxylation is 1. The summed E-state index contributed by atoms with van der Waals surface area (Å²) in [6.45, 7) is 5.79. The summed E-state index contributed by atoms with van der Waals surface area (Å²) in [6, 6.07) is 15.3. The molecule has 2 amide bonds. The second kappa shape index (κ2) is 10.5. The molecule has 1 aliphatic heterocycles. The van der Waals surface area contributed by atoms with Crippen molar-refractivity contribution in [2.45, 2.75) is 33.2 Å². The molecule has 0 bridgehead atoms. The molecule has 0 atom stereocenters. The molecule has 1 saturated heterocycles. The van der Waals surface area contributed by atoms with Crippen LogP contribution in [-0.2, 0) is 11.4 Å². The number of benzene rings is 1. The highest BCUT2D eigenvalue weighted by molar-refractivity contribution is 7.09. The number of Topliss-reactive ketones (excluding diaryl/α,β-unsaturated/α-hetero) is 1. The average molecular weight is 465 g/mol. The zero-order valence-electron chi connectivity index (χ0n) is 18.9.